The van der Waals surface area contributed by atoms with Crippen molar-refractivity contribution in [3.63, 3.8) is 0 Å². The Morgan fingerprint density at radius 2 is 1.62 bits per heavy atom. The number of hydrogen-bond acceptors (Lipinski definition) is 1. The summed E-state index contributed by atoms with van der Waals surface area (Å²) in [5.74, 6) is -9.29. The first kappa shape index (κ1) is 15.1. The van der Waals surface area contributed by atoms with Crippen molar-refractivity contribution in [2.45, 2.75) is 39.3 Å². The normalized spacial score (nSPS) is 19.0. The van der Waals surface area contributed by atoms with Crippen LogP contribution >= 0.6 is 0 Å². The summed E-state index contributed by atoms with van der Waals surface area (Å²) >= 11 is 0. The lowest BCUT2D eigenvalue weighted by Gasteiger charge is -2.37. The van der Waals surface area contributed by atoms with Crippen molar-refractivity contribution in [2.24, 2.45) is 11.3 Å². The lowest BCUT2D eigenvalue weighted by Crippen LogP contribution is -2.52. The van der Waals surface area contributed by atoms with Crippen LogP contribution in [0.3, 0.4) is 0 Å². The van der Waals surface area contributed by atoms with Gasteiger partial charge in [0, 0.05) is 0 Å². The Morgan fingerprint density at radius 1 is 1.25 bits per heavy atom. The molecule has 0 aromatic heterocycles. The highest BCUT2D eigenvalue weighted by atomic mass is 19.4. The molecule has 0 fully saturated rings. The van der Waals surface area contributed by atoms with E-state index in [9.17, 15) is 26.7 Å². The lowest BCUT2D eigenvalue weighted by atomic mass is 9.75. The van der Waals surface area contributed by atoms with Gasteiger partial charge in [0.2, 0.25) is 0 Å². The van der Waals surface area contributed by atoms with E-state index < -0.39 is 35.8 Å². The van der Waals surface area contributed by atoms with Gasteiger partial charge in [-0.3, -0.25) is 4.79 Å². The van der Waals surface area contributed by atoms with E-state index in [0.717, 1.165) is 6.92 Å². The summed E-state index contributed by atoms with van der Waals surface area (Å²) in [6.07, 6.45) is -5.72. The predicted molar refractivity (Wildman–Crippen MR) is 46.2 cm³/mol. The average molecular weight is 248 g/mol. The topological polar surface area (TPSA) is 37.3 Å². The maximum atomic E-state index is 13.5. The fraction of sp³-hybridized carbons (Fsp3) is 0.889. The van der Waals surface area contributed by atoms with E-state index in [-0.39, 0.29) is 6.92 Å². The summed E-state index contributed by atoms with van der Waals surface area (Å²) in [5.41, 5.74) is -2.72. The molecule has 0 spiro atoms. The van der Waals surface area contributed by atoms with E-state index >= 15 is 0 Å². The smallest absolute Gasteiger partial charge is 0.397 e. The number of carboxylic acid groups (broad SMARTS) is 1. The number of aliphatic carboxylic acids is 1. The molecule has 0 amide bonds. The summed E-state index contributed by atoms with van der Waals surface area (Å²) in [7, 11) is 0. The first-order valence-corrected chi connectivity index (χ1v) is 4.59. The molecule has 0 rings (SSSR count). The molecule has 1 N–H and O–H groups in total. The van der Waals surface area contributed by atoms with Gasteiger partial charge in [0.25, 0.3) is 5.92 Å². The first-order chi connectivity index (χ1) is 6.91. The molecule has 0 aliphatic carbocycles. The third kappa shape index (κ3) is 2.27. The minimum Gasteiger partial charge on any atom is -0.481 e. The molecule has 0 radical (unpaired) electrons. The zero-order valence-electron chi connectivity index (χ0n) is 9.03. The Labute approximate surface area is 89.4 Å². The number of rotatable bonds is 4. The van der Waals surface area contributed by atoms with Gasteiger partial charge in [0.05, 0.1) is 0 Å². The van der Waals surface area contributed by atoms with Crippen molar-refractivity contribution in [2.75, 3.05) is 0 Å². The second kappa shape index (κ2) is 4.18. The van der Waals surface area contributed by atoms with E-state index in [1.165, 1.54) is 0 Å². The van der Waals surface area contributed by atoms with Gasteiger partial charge in [-0.15, -0.1) is 0 Å². The van der Waals surface area contributed by atoms with Crippen molar-refractivity contribution in [1.82, 2.24) is 0 Å². The third-order valence-electron chi connectivity index (χ3n) is 2.95. The van der Waals surface area contributed by atoms with Crippen LogP contribution < -0.4 is 0 Å². The molecule has 0 heterocycles. The molecule has 0 aromatic rings. The third-order valence-corrected chi connectivity index (χ3v) is 2.95. The molecule has 2 atom stereocenters. The Hall–Kier alpha value is -0.880. The van der Waals surface area contributed by atoms with E-state index in [1.54, 1.807) is 0 Å². The summed E-state index contributed by atoms with van der Waals surface area (Å²) in [5, 5.41) is 8.64. The molecule has 96 valence electrons. The molecule has 0 aliphatic heterocycles. The van der Waals surface area contributed by atoms with Crippen LogP contribution in [0.25, 0.3) is 0 Å². The van der Waals surface area contributed by atoms with E-state index in [1.807, 2.05) is 0 Å². The highest BCUT2D eigenvalue weighted by Crippen LogP contribution is 2.49. The SMILES string of the molecule is CCC(C)(C(=O)O)C(F)(F)C(C)C(F)(F)F. The second-order valence-electron chi connectivity index (χ2n) is 3.88. The van der Waals surface area contributed by atoms with Crippen LogP contribution in [0.5, 0.6) is 0 Å². The molecule has 0 aliphatic rings. The van der Waals surface area contributed by atoms with Gasteiger partial charge in [0.15, 0.2) is 0 Å². The van der Waals surface area contributed by atoms with Crippen LogP contribution in [-0.4, -0.2) is 23.2 Å². The van der Waals surface area contributed by atoms with Crippen LogP contribution in [0, 0.1) is 11.3 Å². The lowest BCUT2D eigenvalue weighted by molar-refractivity contribution is -0.266. The van der Waals surface area contributed by atoms with Gasteiger partial charge >= 0.3 is 12.1 Å². The second-order valence-corrected chi connectivity index (χ2v) is 3.88. The molecule has 2 nitrogen and oxygen atoms in total. The van der Waals surface area contributed by atoms with Gasteiger partial charge in [-0.05, 0) is 20.3 Å². The van der Waals surface area contributed by atoms with E-state index in [2.05, 4.69) is 0 Å². The van der Waals surface area contributed by atoms with Crippen molar-refractivity contribution in [3.05, 3.63) is 0 Å². The largest absolute Gasteiger partial charge is 0.481 e. The highest BCUT2D eigenvalue weighted by molar-refractivity contribution is 5.75. The fourth-order valence-electron chi connectivity index (χ4n) is 1.21. The predicted octanol–water partition coefficient (Wildman–Crippen LogP) is 3.32. The van der Waals surface area contributed by atoms with Crippen molar-refractivity contribution in [1.29, 1.82) is 0 Å². The molecule has 0 aromatic carbocycles. The minimum atomic E-state index is -5.13. The number of carboxylic acids is 1. The van der Waals surface area contributed by atoms with Crippen LogP contribution in [0.2, 0.25) is 0 Å². The quantitative estimate of drug-likeness (QED) is 0.775. The zero-order valence-corrected chi connectivity index (χ0v) is 9.03. The molecule has 0 saturated carbocycles. The van der Waals surface area contributed by atoms with Gasteiger partial charge in [-0.25, -0.2) is 8.78 Å². The zero-order chi connectivity index (χ0) is 13.4. The van der Waals surface area contributed by atoms with Gasteiger partial charge in [0.1, 0.15) is 11.3 Å². The van der Waals surface area contributed by atoms with Gasteiger partial charge < -0.3 is 5.11 Å². The Balaban J connectivity index is 5.40. The number of alkyl halides is 5. The van der Waals surface area contributed by atoms with Crippen LogP contribution in [0.15, 0.2) is 0 Å². The van der Waals surface area contributed by atoms with Crippen molar-refractivity contribution in [3.8, 4) is 0 Å². The van der Waals surface area contributed by atoms with Crippen molar-refractivity contribution < 1.29 is 31.9 Å². The molecule has 0 saturated heterocycles. The van der Waals surface area contributed by atoms with Crippen LogP contribution in [0.4, 0.5) is 22.0 Å². The summed E-state index contributed by atoms with van der Waals surface area (Å²) in [6, 6.07) is 0. The van der Waals surface area contributed by atoms with Crippen molar-refractivity contribution >= 4 is 5.97 Å². The number of carbonyl (C=O) groups is 1. The monoisotopic (exact) mass is 248 g/mol. The Bertz CT molecular complexity index is 274. The van der Waals surface area contributed by atoms with E-state index in [4.69, 9.17) is 5.11 Å². The minimum absolute atomic E-state index is 0.289. The van der Waals surface area contributed by atoms with Gasteiger partial charge in [-0.1, -0.05) is 6.92 Å². The molecule has 7 heteroatoms. The average Bonchev–Trinajstić information content (AvgIpc) is 2.13. The highest BCUT2D eigenvalue weighted by Gasteiger charge is 2.64. The Kier molecular flexibility index (Phi) is 3.95. The maximum absolute atomic E-state index is 13.5. The molecular weight excluding hydrogens is 235 g/mol. The van der Waals surface area contributed by atoms with Gasteiger partial charge in [-0.2, -0.15) is 13.2 Å². The van der Waals surface area contributed by atoms with Crippen LogP contribution in [-0.2, 0) is 4.79 Å². The Morgan fingerprint density at radius 3 is 1.81 bits per heavy atom. The number of hydrogen-bond donors (Lipinski definition) is 1. The fourth-order valence-corrected chi connectivity index (χ4v) is 1.21. The maximum Gasteiger partial charge on any atom is 0.397 e. The summed E-state index contributed by atoms with van der Waals surface area (Å²) in [6.45, 7) is 2.03. The molecule has 2 unspecified atom stereocenters. The summed E-state index contributed by atoms with van der Waals surface area (Å²) in [4.78, 5) is 10.7. The molecule has 0 bridgehead atoms. The van der Waals surface area contributed by atoms with Crippen LogP contribution in [0.1, 0.15) is 27.2 Å². The standard InChI is InChI=1S/C9H13F5O2/c1-4-7(3,6(15)16)8(10,11)5(2)9(12,13)14/h5H,4H2,1-3H3,(H,15,16). The molecule has 16 heavy (non-hydrogen) atoms. The number of halogens is 5. The summed E-state index contributed by atoms with van der Waals surface area (Å²) < 4.78 is 63.6. The first-order valence-electron chi connectivity index (χ1n) is 4.59. The molecular formula is C9H13F5O2. The van der Waals surface area contributed by atoms with E-state index in [0.29, 0.717) is 6.92 Å².